The molecule has 2 aliphatic rings. The van der Waals surface area contributed by atoms with Gasteiger partial charge < -0.3 is 5.32 Å². The predicted molar refractivity (Wildman–Crippen MR) is 57.6 cm³/mol. The van der Waals surface area contributed by atoms with E-state index in [9.17, 15) is 0 Å². The van der Waals surface area contributed by atoms with Crippen LogP contribution in [0.1, 0.15) is 6.42 Å². The maximum absolute atomic E-state index is 3.55. The predicted octanol–water partition coefficient (Wildman–Crippen LogP) is 1.85. The van der Waals surface area contributed by atoms with Gasteiger partial charge in [0.2, 0.25) is 0 Å². The first-order valence-corrected chi connectivity index (χ1v) is 7.19. The smallest absolute Gasteiger partial charge is 0.0748 e. The van der Waals surface area contributed by atoms with Crippen molar-refractivity contribution in [3.63, 3.8) is 0 Å². The molecule has 2 rings (SSSR count). The molecule has 1 nitrogen and oxygen atoms in total. The van der Waals surface area contributed by atoms with Gasteiger partial charge in [0.15, 0.2) is 0 Å². The third-order valence-electron chi connectivity index (χ3n) is 1.85. The molecule has 2 heterocycles. The highest BCUT2D eigenvalue weighted by Crippen LogP contribution is 2.37. The SMILES string of the molecule is C1CSC(C2NCCS2)SC1. The van der Waals surface area contributed by atoms with Crippen LogP contribution in [0.4, 0.5) is 0 Å². The molecule has 0 aromatic heterocycles. The quantitative estimate of drug-likeness (QED) is 0.704. The second-order valence-electron chi connectivity index (χ2n) is 2.71. The summed E-state index contributed by atoms with van der Waals surface area (Å²) in [6.45, 7) is 1.22. The van der Waals surface area contributed by atoms with Crippen LogP contribution >= 0.6 is 35.3 Å². The summed E-state index contributed by atoms with van der Waals surface area (Å²) in [6.07, 6.45) is 1.41. The Kier molecular flexibility index (Phi) is 3.37. The standard InChI is InChI=1S/C7H13NS3/c1-3-10-7(11-4-1)6-8-2-5-9-6/h6-8H,1-5H2. The second kappa shape index (κ2) is 4.30. The van der Waals surface area contributed by atoms with Crippen LogP contribution in [0, 0.1) is 0 Å². The lowest BCUT2D eigenvalue weighted by Crippen LogP contribution is -2.30. The highest BCUT2D eigenvalue weighted by Gasteiger charge is 2.27. The van der Waals surface area contributed by atoms with Gasteiger partial charge >= 0.3 is 0 Å². The monoisotopic (exact) mass is 207 g/mol. The number of hydrogen-bond donors (Lipinski definition) is 1. The summed E-state index contributed by atoms with van der Waals surface area (Å²) in [4.78, 5) is 0. The third kappa shape index (κ3) is 2.23. The Morgan fingerprint density at radius 2 is 1.82 bits per heavy atom. The van der Waals surface area contributed by atoms with E-state index in [0.29, 0.717) is 0 Å². The average molecular weight is 207 g/mol. The zero-order valence-electron chi connectivity index (χ0n) is 6.41. The fraction of sp³-hybridized carbons (Fsp3) is 1.00. The molecule has 64 valence electrons. The van der Waals surface area contributed by atoms with Crippen LogP contribution in [0.5, 0.6) is 0 Å². The third-order valence-corrected chi connectivity index (χ3v) is 6.49. The Bertz CT molecular complexity index is 119. The molecule has 0 saturated carbocycles. The number of nitrogens with one attached hydrogen (secondary N) is 1. The second-order valence-corrected chi connectivity index (χ2v) is 6.76. The fourth-order valence-corrected chi connectivity index (χ4v) is 5.90. The van der Waals surface area contributed by atoms with E-state index >= 15 is 0 Å². The van der Waals surface area contributed by atoms with Gasteiger partial charge in [-0.05, 0) is 17.9 Å². The van der Waals surface area contributed by atoms with Gasteiger partial charge in [-0.15, -0.1) is 35.3 Å². The van der Waals surface area contributed by atoms with Crippen LogP contribution in [0.2, 0.25) is 0 Å². The summed E-state index contributed by atoms with van der Waals surface area (Å²) >= 11 is 6.38. The first-order chi connectivity index (χ1) is 5.47. The number of thioether (sulfide) groups is 3. The van der Waals surface area contributed by atoms with Crippen LogP contribution < -0.4 is 5.32 Å². The first kappa shape index (κ1) is 8.60. The highest BCUT2D eigenvalue weighted by molar-refractivity contribution is 8.18. The Morgan fingerprint density at radius 3 is 2.45 bits per heavy atom. The minimum Gasteiger partial charge on any atom is -0.303 e. The lowest BCUT2D eigenvalue weighted by Gasteiger charge is -2.25. The Balaban J connectivity index is 1.82. The Labute approximate surface area is 80.8 Å². The molecule has 2 fully saturated rings. The van der Waals surface area contributed by atoms with E-state index < -0.39 is 0 Å². The molecule has 0 bridgehead atoms. The van der Waals surface area contributed by atoms with Gasteiger partial charge in [0, 0.05) is 12.3 Å². The van der Waals surface area contributed by atoms with Crippen molar-refractivity contribution in [2.75, 3.05) is 23.8 Å². The van der Waals surface area contributed by atoms with Crippen molar-refractivity contribution in [2.24, 2.45) is 0 Å². The number of rotatable bonds is 1. The molecule has 1 unspecified atom stereocenters. The zero-order chi connectivity index (χ0) is 7.52. The molecule has 0 aromatic carbocycles. The lowest BCUT2D eigenvalue weighted by atomic mass is 10.6. The topological polar surface area (TPSA) is 12.0 Å². The largest absolute Gasteiger partial charge is 0.303 e. The van der Waals surface area contributed by atoms with Crippen molar-refractivity contribution in [1.82, 2.24) is 5.32 Å². The van der Waals surface area contributed by atoms with Crippen molar-refractivity contribution in [2.45, 2.75) is 16.4 Å². The van der Waals surface area contributed by atoms with E-state index in [-0.39, 0.29) is 0 Å². The van der Waals surface area contributed by atoms with Crippen LogP contribution in [-0.2, 0) is 0 Å². The van der Waals surface area contributed by atoms with Crippen molar-refractivity contribution < 1.29 is 0 Å². The van der Waals surface area contributed by atoms with E-state index in [1.54, 1.807) is 0 Å². The van der Waals surface area contributed by atoms with Crippen LogP contribution in [0.3, 0.4) is 0 Å². The lowest BCUT2D eigenvalue weighted by molar-refractivity contribution is 0.750. The molecule has 0 aromatic rings. The maximum Gasteiger partial charge on any atom is 0.0748 e. The summed E-state index contributed by atoms with van der Waals surface area (Å²) in [5, 5.41) is 4.29. The molecule has 0 amide bonds. The minimum absolute atomic E-state index is 0.741. The van der Waals surface area contributed by atoms with Crippen LogP contribution in [-0.4, -0.2) is 33.8 Å². The summed E-state index contributed by atoms with van der Waals surface area (Å²) < 4.78 is 0.830. The summed E-state index contributed by atoms with van der Waals surface area (Å²) in [6, 6.07) is 0. The van der Waals surface area contributed by atoms with E-state index in [1.807, 2.05) is 0 Å². The molecule has 2 saturated heterocycles. The van der Waals surface area contributed by atoms with Gasteiger partial charge in [-0.1, -0.05) is 0 Å². The minimum atomic E-state index is 0.741. The van der Waals surface area contributed by atoms with Gasteiger partial charge in [-0.25, -0.2) is 0 Å². The molecular formula is C7H13NS3. The molecule has 11 heavy (non-hydrogen) atoms. The summed E-state index contributed by atoms with van der Waals surface area (Å²) in [5.74, 6) is 4.05. The molecule has 2 aliphatic heterocycles. The van der Waals surface area contributed by atoms with Gasteiger partial charge in [-0.3, -0.25) is 0 Å². The molecule has 0 spiro atoms. The van der Waals surface area contributed by atoms with Gasteiger partial charge in [0.25, 0.3) is 0 Å². The average Bonchev–Trinajstić information content (AvgIpc) is 2.58. The maximum atomic E-state index is 3.55. The van der Waals surface area contributed by atoms with E-state index in [1.165, 1.54) is 30.2 Å². The molecule has 4 heteroatoms. The zero-order valence-corrected chi connectivity index (χ0v) is 8.86. The normalized spacial score (nSPS) is 34.4. The van der Waals surface area contributed by atoms with Crippen molar-refractivity contribution in [3.05, 3.63) is 0 Å². The molecule has 1 N–H and O–H groups in total. The summed E-state index contributed by atoms with van der Waals surface area (Å²) in [5.41, 5.74) is 0. The van der Waals surface area contributed by atoms with Crippen molar-refractivity contribution in [3.8, 4) is 0 Å². The van der Waals surface area contributed by atoms with Crippen molar-refractivity contribution >= 4 is 35.3 Å². The van der Waals surface area contributed by atoms with E-state index in [2.05, 4.69) is 40.6 Å². The molecule has 0 aliphatic carbocycles. The molecule has 0 radical (unpaired) electrons. The Hall–Kier alpha value is 1.01. The van der Waals surface area contributed by atoms with Gasteiger partial charge in [0.05, 0.1) is 9.96 Å². The number of hydrogen-bond acceptors (Lipinski definition) is 4. The Morgan fingerprint density at radius 1 is 1.00 bits per heavy atom. The van der Waals surface area contributed by atoms with Crippen LogP contribution in [0.15, 0.2) is 0 Å². The summed E-state index contributed by atoms with van der Waals surface area (Å²) in [7, 11) is 0. The van der Waals surface area contributed by atoms with Gasteiger partial charge in [-0.2, -0.15) is 0 Å². The molecule has 1 atom stereocenters. The van der Waals surface area contributed by atoms with E-state index in [0.717, 1.165) is 9.96 Å². The first-order valence-electron chi connectivity index (χ1n) is 4.05. The molecular weight excluding hydrogens is 194 g/mol. The fourth-order valence-electron chi connectivity index (χ4n) is 1.30. The van der Waals surface area contributed by atoms with Crippen molar-refractivity contribution in [1.29, 1.82) is 0 Å². The van der Waals surface area contributed by atoms with Crippen LogP contribution in [0.25, 0.3) is 0 Å². The highest BCUT2D eigenvalue weighted by atomic mass is 32.2. The van der Waals surface area contributed by atoms with Gasteiger partial charge in [0.1, 0.15) is 0 Å². The van der Waals surface area contributed by atoms with E-state index in [4.69, 9.17) is 0 Å².